The molecule has 260 valence electrons. The number of anilines is 1. The normalized spacial score (nSPS) is 20.0. The average Bonchev–Trinajstić information content (AvgIpc) is 3.61. The number of hydrogen-bond acceptors (Lipinski definition) is 12. The smallest absolute Gasteiger partial charge is 0.407 e. The number of nitrogens with zero attached hydrogens (tertiary/aromatic N) is 5. The summed E-state index contributed by atoms with van der Waals surface area (Å²) in [6.45, 7) is 10.9. The molecule has 1 aromatic carbocycles. The van der Waals surface area contributed by atoms with Gasteiger partial charge in [-0.15, -0.1) is 0 Å². The second kappa shape index (κ2) is 16.9. The van der Waals surface area contributed by atoms with Crippen LogP contribution in [0.15, 0.2) is 41.5 Å². The summed E-state index contributed by atoms with van der Waals surface area (Å²) in [5, 5.41) is 25.1. The van der Waals surface area contributed by atoms with Gasteiger partial charge >= 0.3 is 6.09 Å². The number of aromatic nitrogens is 4. The molecule has 0 spiro atoms. The number of carbonyl (C=O) groups excluding carboxylic acids is 2. The molecule has 16 nitrogen and oxygen atoms in total. The molecule has 1 aliphatic rings. The van der Waals surface area contributed by atoms with Gasteiger partial charge in [0.1, 0.15) is 24.9 Å². The fraction of sp³-hybridized carbons (Fsp3) is 0.548. The van der Waals surface area contributed by atoms with Crippen LogP contribution in [0.1, 0.15) is 59.8 Å². The number of benzene rings is 1. The number of alkyl carbamates (subject to hydrolysis) is 1. The Morgan fingerprint density at radius 1 is 1.19 bits per heavy atom. The number of nitriles is 1. The third-order valence-corrected chi connectivity index (χ3v) is 9.49. The third-order valence-electron chi connectivity index (χ3n) is 7.37. The number of carbonyl (C=O) groups is 2. The molecule has 4 N–H and O–H groups in total. The summed E-state index contributed by atoms with van der Waals surface area (Å²) in [4.78, 5) is 49.8. The van der Waals surface area contributed by atoms with E-state index >= 15 is 0 Å². The second-order valence-electron chi connectivity index (χ2n) is 12.0. The topological polar surface area (TPSA) is 206 Å². The molecule has 1 aliphatic heterocycles. The van der Waals surface area contributed by atoms with Crippen molar-refractivity contribution in [2.45, 2.75) is 91.1 Å². The van der Waals surface area contributed by atoms with Gasteiger partial charge in [-0.2, -0.15) is 10.2 Å². The highest BCUT2D eigenvalue weighted by atomic mass is 31.2. The van der Waals surface area contributed by atoms with Crippen molar-refractivity contribution < 1.29 is 33.2 Å². The predicted octanol–water partition coefficient (Wildman–Crippen LogP) is 3.56. The largest absolute Gasteiger partial charge is 0.445 e. The molecular formula is C31H43N8O8P. The lowest BCUT2D eigenvalue weighted by Crippen LogP contribution is -2.48. The van der Waals surface area contributed by atoms with Gasteiger partial charge in [0.05, 0.1) is 32.0 Å². The van der Waals surface area contributed by atoms with E-state index in [2.05, 4.69) is 31.7 Å². The fourth-order valence-corrected chi connectivity index (χ4v) is 6.92. The highest BCUT2D eigenvalue weighted by Gasteiger charge is 2.50. The molecule has 1 unspecified atom stereocenters. The molecule has 0 saturated carbocycles. The van der Waals surface area contributed by atoms with Crippen molar-refractivity contribution in [3.05, 3.63) is 52.6 Å². The molecule has 0 bridgehead atoms. The van der Waals surface area contributed by atoms with Crippen molar-refractivity contribution in [3.63, 3.8) is 0 Å². The van der Waals surface area contributed by atoms with Crippen molar-refractivity contribution >= 4 is 37.6 Å². The van der Waals surface area contributed by atoms with Gasteiger partial charge in [-0.05, 0) is 33.3 Å². The van der Waals surface area contributed by atoms with E-state index in [0.717, 1.165) is 5.56 Å². The Kier molecular flexibility index (Phi) is 13.0. The minimum atomic E-state index is -1.84. The molecule has 48 heavy (non-hydrogen) atoms. The minimum absolute atomic E-state index is 0.0117. The predicted molar refractivity (Wildman–Crippen MR) is 176 cm³/mol. The van der Waals surface area contributed by atoms with Crippen LogP contribution in [-0.4, -0.2) is 84.8 Å². The van der Waals surface area contributed by atoms with Gasteiger partial charge in [0, 0.05) is 18.0 Å². The van der Waals surface area contributed by atoms with E-state index in [4.69, 9.17) is 23.8 Å². The van der Waals surface area contributed by atoms with E-state index in [1.807, 2.05) is 62.7 Å². The maximum absolute atomic E-state index is 13.3. The number of H-pyrrole nitrogens is 1. The molecule has 5 atom stereocenters. The molecule has 2 aromatic heterocycles. The van der Waals surface area contributed by atoms with Gasteiger partial charge in [-0.3, -0.25) is 24.5 Å². The molecule has 0 aliphatic carbocycles. The van der Waals surface area contributed by atoms with E-state index in [1.165, 1.54) is 10.9 Å². The molecule has 2 amide bonds. The third kappa shape index (κ3) is 8.93. The standard InChI is InChI=1S/C31H43N8O8P/c1-18(2)27(41)36-30-35-26-24(28(42)37-30)33-17-38(26)29-23(34-31(43)44-16-21-11-8-7-9-12-21)25(22(15-40)46-29)47-48(45-14-10-13-32)39(19(3)4)20(5)6/h7-9,11-12,17-20,22-23,25,29,40H,10,14-16H2,1-6H3,(H,34,43)(H2,35,36,37,41,42)/t22-,23-,25-,29-,48?/m1/s1. The molecule has 17 heteroatoms. The zero-order chi connectivity index (χ0) is 35.0. The summed E-state index contributed by atoms with van der Waals surface area (Å²) in [5.41, 5.74) is 0.187. The first kappa shape index (κ1) is 36.9. The number of aromatic amines is 1. The average molecular weight is 687 g/mol. The van der Waals surface area contributed by atoms with Crippen LogP contribution in [0.25, 0.3) is 11.2 Å². The summed E-state index contributed by atoms with van der Waals surface area (Å²) in [6, 6.07) is 10.1. The molecule has 0 radical (unpaired) electrons. The van der Waals surface area contributed by atoms with Crippen LogP contribution >= 0.6 is 8.53 Å². The molecule has 3 aromatic rings. The van der Waals surface area contributed by atoms with E-state index in [1.54, 1.807) is 13.8 Å². The van der Waals surface area contributed by atoms with Gasteiger partial charge < -0.3 is 28.9 Å². The highest BCUT2D eigenvalue weighted by Crippen LogP contribution is 2.50. The van der Waals surface area contributed by atoms with Crippen molar-refractivity contribution in [1.29, 1.82) is 5.26 Å². The van der Waals surface area contributed by atoms with Gasteiger partial charge in [0.2, 0.25) is 11.9 Å². The Bertz CT molecular complexity index is 1620. The molecule has 3 heterocycles. The van der Waals surface area contributed by atoms with Crippen LogP contribution in [0.5, 0.6) is 0 Å². The number of fused-ring (bicyclic) bond motifs is 1. The number of imidazole rings is 1. The summed E-state index contributed by atoms with van der Waals surface area (Å²) >= 11 is 0. The van der Waals surface area contributed by atoms with Crippen LogP contribution in [0.3, 0.4) is 0 Å². The van der Waals surface area contributed by atoms with Crippen LogP contribution in [-0.2, 0) is 29.9 Å². The number of ether oxygens (including phenoxy) is 2. The Labute approximate surface area is 279 Å². The monoisotopic (exact) mass is 686 g/mol. The van der Waals surface area contributed by atoms with Crippen molar-refractivity contribution in [3.8, 4) is 6.07 Å². The summed E-state index contributed by atoms with van der Waals surface area (Å²) in [5.74, 6) is -0.836. The van der Waals surface area contributed by atoms with Gasteiger partial charge in [0.25, 0.3) is 14.1 Å². The van der Waals surface area contributed by atoms with Crippen LogP contribution < -0.4 is 16.2 Å². The zero-order valence-corrected chi connectivity index (χ0v) is 28.7. The van der Waals surface area contributed by atoms with Crippen LogP contribution in [0.4, 0.5) is 10.7 Å². The SMILES string of the molecule is CC(C)C(=O)Nc1nc2c(ncn2[C@@H]2O[C@H](CO)[C@@H](OP(OCCC#N)N(C(C)C)C(C)C)[C@H]2NC(=O)OCc2ccccc2)c(=O)[nH]1. The number of nitrogens with one attached hydrogen (secondary N) is 3. The lowest BCUT2D eigenvalue weighted by atomic mass is 10.1. The maximum Gasteiger partial charge on any atom is 0.407 e. The van der Waals surface area contributed by atoms with E-state index in [-0.39, 0.29) is 60.7 Å². The van der Waals surface area contributed by atoms with Crippen LogP contribution in [0, 0.1) is 17.2 Å². The van der Waals surface area contributed by atoms with Crippen molar-refractivity contribution in [1.82, 2.24) is 29.5 Å². The highest BCUT2D eigenvalue weighted by molar-refractivity contribution is 7.44. The Morgan fingerprint density at radius 2 is 1.90 bits per heavy atom. The first-order chi connectivity index (χ1) is 22.9. The lowest BCUT2D eigenvalue weighted by Gasteiger charge is -2.38. The second-order valence-corrected chi connectivity index (χ2v) is 13.4. The van der Waals surface area contributed by atoms with Gasteiger partial charge in [0.15, 0.2) is 17.4 Å². The summed E-state index contributed by atoms with van der Waals surface area (Å²) in [7, 11) is -1.84. The lowest BCUT2D eigenvalue weighted by molar-refractivity contribution is -0.118. The quantitative estimate of drug-likeness (QED) is 0.134. The summed E-state index contributed by atoms with van der Waals surface area (Å²) in [6.07, 6.45) is -2.43. The number of hydrogen-bond donors (Lipinski definition) is 4. The van der Waals surface area contributed by atoms with E-state index < -0.39 is 51.3 Å². The minimum Gasteiger partial charge on any atom is -0.445 e. The molecule has 1 fully saturated rings. The van der Waals surface area contributed by atoms with Gasteiger partial charge in [-0.1, -0.05) is 44.2 Å². The first-order valence-corrected chi connectivity index (χ1v) is 16.8. The maximum atomic E-state index is 13.3. The molecule has 1 saturated heterocycles. The van der Waals surface area contributed by atoms with Crippen molar-refractivity contribution in [2.75, 3.05) is 18.5 Å². The molecular weight excluding hydrogens is 643 g/mol. The van der Waals surface area contributed by atoms with Gasteiger partial charge in [-0.25, -0.2) is 14.4 Å². The number of amides is 2. The Morgan fingerprint density at radius 3 is 2.52 bits per heavy atom. The number of aliphatic hydroxyl groups excluding tert-OH is 1. The van der Waals surface area contributed by atoms with E-state index in [9.17, 15) is 19.5 Å². The first-order valence-electron chi connectivity index (χ1n) is 15.7. The Balaban J connectivity index is 1.74. The fourth-order valence-electron chi connectivity index (χ4n) is 5.14. The van der Waals surface area contributed by atoms with Crippen LogP contribution in [0.2, 0.25) is 0 Å². The summed E-state index contributed by atoms with van der Waals surface area (Å²) < 4.78 is 28.0. The zero-order valence-electron chi connectivity index (χ0n) is 27.8. The number of rotatable bonds is 15. The molecule has 4 rings (SSSR count). The number of aliphatic hydroxyl groups is 1. The van der Waals surface area contributed by atoms with E-state index in [0.29, 0.717) is 0 Å². The Hall–Kier alpha value is -3.97. The van der Waals surface area contributed by atoms with Crippen molar-refractivity contribution in [2.24, 2.45) is 5.92 Å².